The lowest BCUT2D eigenvalue weighted by Crippen LogP contribution is -2.41. The molecule has 3 aromatic heterocycles. The quantitative estimate of drug-likeness (QED) is 0.424. The number of pyridine rings is 2. The molecule has 5 heterocycles. The lowest BCUT2D eigenvalue weighted by atomic mass is 9.96. The number of amides is 1. The molecule has 0 radical (unpaired) electrons. The van der Waals surface area contributed by atoms with Gasteiger partial charge in [-0.2, -0.15) is 22.9 Å². The van der Waals surface area contributed by atoms with Crippen molar-refractivity contribution >= 4 is 28.9 Å². The van der Waals surface area contributed by atoms with E-state index < -0.39 is 28.9 Å². The predicted octanol–water partition coefficient (Wildman–Crippen LogP) is 4.26. The SMILES string of the molecule is CC1(C)CC2CNc3cccc(n3)[S+]([O-])NC(=O)c3ccc(-n4ccc(OCCC5(C(F)(F)F)CC5)n4)nc3N1C2. The molecule has 0 spiro atoms. The molecule has 1 saturated heterocycles. The Bertz CT molecular complexity index is 1460. The highest BCUT2D eigenvalue weighted by atomic mass is 32.2. The van der Waals surface area contributed by atoms with Crippen molar-refractivity contribution in [1.29, 1.82) is 0 Å². The normalized spacial score (nSPS) is 22.9. The van der Waals surface area contributed by atoms with Crippen LogP contribution in [0.1, 0.15) is 49.9 Å². The maximum absolute atomic E-state index is 13.4. The number of nitrogens with one attached hydrogen (secondary N) is 2. The number of halogens is 3. The number of hydrogen-bond acceptors (Lipinski definition) is 8. The molecule has 0 aromatic carbocycles. The molecule has 3 aromatic rings. The number of fused-ring (bicyclic) bond motifs is 6. The molecule has 2 fully saturated rings. The van der Waals surface area contributed by atoms with Crippen LogP contribution < -0.4 is 19.7 Å². The van der Waals surface area contributed by atoms with E-state index in [1.807, 2.05) is 0 Å². The zero-order chi connectivity index (χ0) is 29.0. The fourth-order valence-electron chi connectivity index (χ4n) is 5.59. The van der Waals surface area contributed by atoms with Crippen LogP contribution in [0.4, 0.5) is 24.8 Å². The van der Waals surface area contributed by atoms with Crippen LogP contribution in [0.25, 0.3) is 5.82 Å². The second-order valence-corrected chi connectivity index (χ2v) is 12.6. The van der Waals surface area contributed by atoms with E-state index in [0.717, 1.165) is 6.42 Å². The van der Waals surface area contributed by atoms with Gasteiger partial charge in [-0.15, -0.1) is 5.10 Å². The minimum Gasteiger partial charge on any atom is -0.587 e. The van der Waals surface area contributed by atoms with Crippen LogP contribution in [0.2, 0.25) is 0 Å². The lowest BCUT2D eigenvalue weighted by molar-refractivity contribution is -0.190. The molecule has 1 saturated carbocycles. The number of alkyl halides is 3. The van der Waals surface area contributed by atoms with Crippen molar-refractivity contribution in [2.24, 2.45) is 11.3 Å². The van der Waals surface area contributed by atoms with Crippen LogP contribution in [0, 0.1) is 11.3 Å². The van der Waals surface area contributed by atoms with Crippen molar-refractivity contribution in [3.05, 3.63) is 48.2 Å². The van der Waals surface area contributed by atoms with E-state index >= 15 is 0 Å². The summed E-state index contributed by atoms with van der Waals surface area (Å²) in [4.78, 5) is 24.7. The maximum atomic E-state index is 13.4. The van der Waals surface area contributed by atoms with Crippen LogP contribution in [0.5, 0.6) is 5.88 Å². The Morgan fingerprint density at radius 2 is 1.98 bits per heavy atom. The average molecular weight is 590 g/mol. The summed E-state index contributed by atoms with van der Waals surface area (Å²) in [5.74, 6) is 1.25. The molecule has 41 heavy (non-hydrogen) atoms. The van der Waals surface area contributed by atoms with Gasteiger partial charge in [0.05, 0.1) is 17.6 Å². The van der Waals surface area contributed by atoms with Crippen LogP contribution in [0.15, 0.2) is 47.6 Å². The molecule has 2 aliphatic heterocycles. The largest absolute Gasteiger partial charge is 0.587 e. The zero-order valence-corrected chi connectivity index (χ0v) is 23.4. The number of hydrogen-bond donors (Lipinski definition) is 2. The summed E-state index contributed by atoms with van der Waals surface area (Å²) >= 11 is -1.89. The fraction of sp³-hybridized carbons (Fsp3) is 0.481. The van der Waals surface area contributed by atoms with E-state index in [2.05, 4.69) is 38.9 Å². The Hall–Kier alpha value is -3.52. The first-order valence-electron chi connectivity index (χ1n) is 13.4. The molecule has 6 rings (SSSR count). The molecule has 2 N–H and O–H groups in total. The summed E-state index contributed by atoms with van der Waals surface area (Å²) in [6.45, 7) is 5.32. The van der Waals surface area contributed by atoms with Gasteiger partial charge < -0.3 is 19.5 Å². The van der Waals surface area contributed by atoms with E-state index in [9.17, 15) is 22.5 Å². The second-order valence-electron chi connectivity index (χ2n) is 11.5. The predicted molar refractivity (Wildman–Crippen MR) is 145 cm³/mol. The van der Waals surface area contributed by atoms with Crippen molar-refractivity contribution in [3.8, 4) is 11.7 Å². The number of aromatic nitrogens is 4. The summed E-state index contributed by atoms with van der Waals surface area (Å²) in [5.41, 5.74) is -1.73. The summed E-state index contributed by atoms with van der Waals surface area (Å²) < 4.78 is 62.2. The number of carbonyl (C=O) groups is 1. The third kappa shape index (κ3) is 5.42. The van der Waals surface area contributed by atoms with Crippen LogP contribution in [-0.4, -0.2) is 61.6 Å². The third-order valence-corrected chi connectivity index (χ3v) is 9.05. The van der Waals surface area contributed by atoms with Gasteiger partial charge in [0.25, 0.3) is 10.9 Å². The fourth-order valence-corrected chi connectivity index (χ4v) is 6.36. The molecule has 1 amide bonds. The highest BCUT2D eigenvalue weighted by molar-refractivity contribution is 7.90. The first-order chi connectivity index (χ1) is 19.4. The van der Waals surface area contributed by atoms with E-state index in [-0.39, 0.29) is 53.8 Å². The van der Waals surface area contributed by atoms with Gasteiger partial charge in [-0.3, -0.25) is 4.79 Å². The number of ether oxygens (including phenoxy) is 1. The summed E-state index contributed by atoms with van der Waals surface area (Å²) in [6, 6.07) is 9.91. The van der Waals surface area contributed by atoms with Crippen LogP contribution in [-0.2, 0) is 11.4 Å². The van der Waals surface area contributed by atoms with Gasteiger partial charge in [0.1, 0.15) is 23.0 Å². The lowest BCUT2D eigenvalue weighted by Gasteiger charge is -2.33. The number of nitrogens with zero attached hydrogens (tertiary/aromatic N) is 5. The van der Waals surface area contributed by atoms with Crippen LogP contribution in [0.3, 0.4) is 0 Å². The van der Waals surface area contributed by atoms with Gasteiger partial charge in [-0.05, 0) is 63.6 Å². The molecule has 218 valence electrons. The van der Waals surface area contributed by atoms with E-state index in [0.29, 0.717) is 30.5 Å². The van der Waals surface area contributed by atoms with Gasteiger partial charge in [-0.1, -0.05) is 6.07 Å². The molecule has 14 heteroatoms. The van der Waals surface area contributed by atoms with Crippen LogP contribution >= 0.6 is 0 Å². The Kier molecular flexibility index (Phi) is 6.80. The van der Waals surface area contributed by atoms with Gasteiger partial charge in [0, 0.05) is 37.0 Å². The van der Waals surface area contributed by atoms with Gasteiger partial charge in [0.15, 0.2) is 5.82 Å². The maximum Gasteiger partial charge on any atom is 0.394 e. The summed E-state index contributed by atoms with van der Waals surface area (Å²) in [7, 11) is 0. The Balaban J connectivity index is 1.27. The second kappa shape index (κ2) is 10.1. The molecule has 4 bridgehead atoms. The minimum absolute atomic E-state index is 0.0970. The highest BCUT2D eigenvalue weighted by Crippen LogP contribution is 2.59. The molecule has 3 aliphatic rings. The van der Waals surface area contributed by atoms with Gasteiger partial charge >= 0.3 is 6.18 Å². The van der Waals surface area contributed by atoms with E-state index in [1.165, 1.54) is 4.68 Å². The first kappa shape index (κ1) is 27.6. The number of rotatable bonds is 5. The smallest absolute Gasteiger partial charge is 0.394 e. The highest BCUT2D eigenvalue weighted by Gasteiger charge is 2.62. The van der Waals surface area contributed by atoms with Gasteiger partial charge in [0.2, 0.25) is 5.88 Å². The molecule has 10 nitrogen and oxygen atoms in total. The van der Waals surface area contributed by atoms with E-state index in [1.54, 1.807) is 42.6 Å². The van der Waals surface area contributed by atoms with Crippen molar-refractivity contribution in [1.82, 2.24) is 24.5 Å². The van der Waals surface area contributed by atoms with Gasteiger partial charge in [-0.25, -0.2) is 9.67 Å². The average Bonchev–Trinajstić information content (AvgIpc) is 3.47. The van der Waals surface area contributed by atoms with Crippen molar-refractivity contribution in [2.45, 2.75) is 56.3 Å². The number of anilines is 2. The molecule has 1 aliphatic carbocycles. The minimum atomic E-state index is -4.23. The zero-order valence-electron chi connectivity index (χ0n) is 22.6. The first-order valence-corrected chi connectivity index (χ1v) is 14.6. The Morgan fingerprint density at radius 1 is 1.17 bits per heavy atom. The Morgan fingerprint density at radius 3 is 2.73 bits per heavy atom. The summed E-state index contributed by atoms with van der Waals surface area (Å²) in [5, 5.41) is 7.91. The Labute approximate surface area is 238 Å². The monoisotopic (exact) mass is 589 g/mol. The topological polar surface area (TPSA) is 120 Å². The molecular formula is C27H30F3N7O3S. The molecule has 2 atom stereocenters. The van der Waals surface area contributed by atoms with Crippen molar-refractivity contribution in [3.63, 3.8) is 0 Å². The summed E-state index contributed by atoms with van der Waals surface area (Å²) in [6.07, 6.45) is -1.65. The number of carbonyl (C=O) groups excluding carboxylic acids is 1. The van der Waals surface area contributed by atoms with Crippen molar-refractivity contribution < 1.29 is 27.3 Å². The third-order valence-electron chi connectivity index (χ3n) is 8.08. The van der Waals surface area contributed by atoms with Crippen molar-refractivity contribution in [2.75, 3.05) is 29.9 Å². The molecule has 2 unspecified atom stereocenters. The molecular weight excluding hydrogens is 559 g/mol. The standard InChI is InChI=1S/C27H30F3N7O3S/c1-25(2)14-17-15-31-19-4-3-5-22(32-19)41(39)35-24(38)18-6-7-20(33-23(18)36(25)16-17)37-12-8-21(34-37)40-13-11-26(9-10-26)27(28,29)30/h3-8,12,17H,9-11,13-16H2,1-2H3,(H,31,32)(H,35,38). The van der Waals surface area contributed by atoms with E-state index in [4.69, 9.17) is 9.72 Å².